The minimum Gasteiger partial charge on any atom is -0.379 e. The van der Waals surface area contributed by atoms with Crippen LogP contribution in [0.25, 0.3) is 10.9 Å². The van der Waals surface area contributed by atoms with Crippen LogP contribution in [0, 0.1) is 0 Å². The highest BCUT2D eigenvalue weighted by Gasteiger charge is 2.41. The molecule has 1 aliphatic rings. The summed E-state index contributed by atoms with van der Waals surface area (Å²) < 4.78 is 5.51. The third-order valence-electron chi connectivity index (χ3n) is 4.00. The molecule has 1 aliphatic heterocycles. The fourth-order valence-electron chi connectivity index (χ4n) is 2.90. The summed E-state index contributed by atoms with van der Waals surface area (Å²) in [6.07, 6.45) is 4.56. The predicted molar refractivity (Wildman–Crippen MR) is 74.0 cm³/mol. The number of rotatable bonds is 5. The molecule has 0 unspecified atom stereocenters. The van der Waals surface area contributed by atoms with Crippen LogP contribution >= 0.6 is 0 Å². The molecule has 0 bridgehead atoms. The molecule has 0 aliphatic carbocycles. The van der Waals surface area contributed by atoms with Crippen LogP contribution in [0.1, 0.15) is 18.4 Å². The largest absolute Gasteiger partial charge is 0.379 e. The molecule has 1 aromatic carbocycles. The first kappa shape index (κ1) is 11.8. The number of benzene rings is 1. The van der Waals surface area contributed by atoms with Gasteiger partial charge in [0.05, 0.1) is 13.2 Å². The van der Waals surface area contributed by atoms with Crippen LogP contribution in [-0.4, -0.2) is 31.8 Å². The normalized spacial score (nSPS) is 17.8. The highest BCUT2D eigenvalue weighted by Crippen LogP contribution is 2.40. The first-order valence-corrected chi connectivity index (χ1v) is 6.65. The number of nitrogens with one attached hydrogen (secondary N) is 2. The van der Waals surface area contributed by atoms with Gasteiger partial charge in [0, 0.05) is 22.5 Å². The average molecular weight is 244 g/mol. The van der Waals surface area contributed by atoms with Gasteiger partial charge in [0.25, 0.3) is 0 Å². The molecule has 1 saturated heterocycles. The van der Waals surface area contributed by atoms with Crippen molar-refractivity contribution in [3.63, 3.8) is 0 Å². The van der Waals surface area contributed by atoms with Gasteiger partial charge in [-0.25, -0.2) is 0 Å². The zero-order valence-corrected chi connectivity index (χ0v) is 10.8. The first-order chi connectivity index (χ1) is 8.86. The maximum absolute atomic E-state index is 5.51. The second-order valence-electron chi connectivity index (χ2n) is 5.23. The summed E-state index contributed by atoms with van der Waals surface area (Å²) >= 11 is 0. The van der Waals surface area contributed by atoms with Crippen molar-refractivity contribution in [3.8, 4) is 0 Å². The van der Waals surface area contributed by atoms with E-state index in [9.17, 15) is 0 Å². The number of aromatic nitrogens is 1. The predicted octanol–water partition coefficient (Wildman–Crippen LogP) is 2.44. The van der Waals surface area contributed by atoms with Crippen LogP contribution < -0.4 is 5.32 Å². The maximum atomic E-state index is 5.51. The molecular weight excluding hydrogens is 224 g/mol. The minimum atomic E-state index is 0.233. The molecule has 0 saturated carbocycles. The molecule has 96 valence electrons. The SMILES string of the molecule is CNCCCC1(c2c[nH]c3ccccc23)COC1. The van der Waals surface area contributed by atoms with Crippen molar-refractivity contribution < 1.29 is 4.74 Å². The summed E-state index contributed by atoms with van der Waals surface area (Å²) in [4.78, 5) is 3.38. The van der Waals surface area contributed by atoms with Gasteiger partial charge in [0.15, 0.2) is 0 Å². The molecule has 3 rings (SSSR count). The lowest BCUT2D eigenvalue weighted by molar-refractivity contribution is -0.0643. The Bertz CT molecular complexity index is 528. The van der Waals surface area contributed by atoms with E-state index in [1.54, 1.807) is 0 Å². The van der Waals surface area contributed by atoms with Gasteiger partial charge in [-0.3, -0.25) is 0 Å². The molecule has 2 heterocycles. The van der Waals surface area contributed by atoms with Crippen LogP contribution in [0.4, 0.5) is 0 Å². The number of aromatic amines is 1. The van der Waals surface area contributed by atoms with E-state index in [4.69, 9.17) is 4.74 Å². The lowest BCUT2D eigenvalue weighted by atomic mass is 9.75. The van der Waals surface area contributed by atoms with Gasteiger partial charge < -0.3 is 15.0 Å². The van der Waals surface area contributed by atoms with Gasteiger partial charge in [0.1, 0.15) is 0 Å². The molecule has 18 heavy (non-hydrogen) atoms. The van der Waals surface area contributed by atoms with Crippen LogP contribution in [0.2, 0.25) is 0 Å². The minimum absolute atomic E-state index is 0.233. The van der Waals surface area contributed by atoms with Gasteiger partial charge in [-0.15, -0.1) is 0 Å². The highest BCUT2D eigenvalue weighted by atomic mass is 16.5. The molecule has 1 aromatic heterocycles. The fourth-order valence-corrected chi connectivity index (χ4v) is 2.90. The van der Waals surface area contributed by atoms with Crippen LogP contribution in [0.3, 0.4) is 0 Å². The number of fused-ring (bicyclic) bond motifs is 1. The van der Waals surface area contributed by atoms with Crippen LogP contribution in [0.15, 0.2) is 30.5 Å². The van der Waals surface area contributed by atoms with E-state index in [1.165, 1.54) is 29.3 Å². The van der Waals surface area contributed by atoms with Crippen molar-refractivity contribution in [2.75, 3.05) is 26.8 Å². The second kappa shape index (κ2) is 4.75. The van der Waals surface area contributed by atoms with Crippen molar-refractivity contribution in [2.24, 2.45) is 0 Å². The molecule has 0 spiro atoms. The highest BCUT2D eigenvalue weighted by molar-refractivity contribution is 5.84. The zero-order valence-electron chi connectivity index (χ0n) is 10.8. The van der Waals surface area contributed by atoms with E-state index in [-0.39, 0.29) is 5.41 Å². The Morgan fingerprint density at radius 2 is 2.17 bits per heavy atom. The number of ether oxygens (including phenoxy) is 1. The molecular formula is C15H20N2O. The van der Waals surface area contributed by atoms with Crippen molar-refractivity contribution in [1.82, 2.24) is 10.3 Å². The summed E-state index contributed by atoms with van der Waals surface area (Å²) in [7, 11) is 2.01. The lowest BCUT2D eigenvalue weighted by Crippen LogP contribution is -2.46. The third kappa shape index (κ3) is 1.84. The maximum Gasteiger partial charge on any atom is 0.0586 e. The monoisotopic (exact) mass is 244 g/mol. The Morgan fingerprint density at radius 3 is 2.89 bits per heavy atom. The Labute approximate surface area is 108 Å². The van der Waals surface area contributed by atoms with Gasteiger partial charge in [0.2, 0.25) is 0 Å². The van der Waals surface area contributed by atoms with Crippen molar-refractivity contribution in [1.29, 1.82) is 0 Å². The molecule has 1 fully saturated rings. The lowest BCUT2D eigenvalue weighted by Gasteiger charge is -2.41. The van der Waals surface area contributed by atoms with Gasteiger partial charge in [-0.2, -0.15) is 0 Å². The van der Waals surface area contributed by atoms with Crippen molar-refractivity contribution in [3.05, 3.63) is 36.0 Å². The van der Waals surface area contributed by atoms with Gasteiger partial charge in [-0.05, 0) is 38.1 Å². The van der Waals surface area contributed by atoms with E-state index in [2.05, 4.69) is 40.8 Å². The number of para-hydroxylation sites is 1. The van der Waals surface area contributed by atoms with E-state index < -0.39 is 0 Å². The molecule has 0 amide bonds. The molecule has 0 atom stereocenters. The van der Waals surface area contributed by atoms with E-state index >= 15 is 0 Å². The molecule has 3 heteroatoms. The summed E-state index contributed by atoms with van der Waals surface area (Å²) in [5, 5.41) is 4.57. The van der Waals surface area contributed by atoms with Crippen LogP contribution in [-0.2, 0) is 10.2 Å². The van der Waals surface area contributed by atoms with E-state index in [0.29, 0.717) is 0 Å². The number of hydrogen-bond acceptors (Lipinski definition) is 2. The quantitative estimate of drug-likeness (QED) is 0.793. The third-order valence-corrected chi connectivity index (χ3v) is 4.00. The summed E-state index contributed by atoms with van der Waals surface area (Å²) in [5.41, 5.74) is 2.89. The van der Waals surface area contributed by atoms with E-state index in [1.807, 2.05) is 7.05 Å². The Morgan fingerprint density at radius 1 is 1.33 bits per heavy atom. The van der Waals surface area contributed by atoms with E-state index in [0.717, 1.165) is 19.8 Å². The number of hydrogen-bond donors (Lipinski definition) is 2. The topological polar surface area (TPSA) is 37.0 Å². The Kier molecular flexibility index (Phi) is 3.10. The van der Waals surface area contributed by atoms with Gasteiger partial charge >= 0.3 is 0 Å². The first-order valence-electron chi connectivity index (χ1n) is 6.65. The van der Waals surface area contributed by atoms with Crippen molar-refractivity contribution in [2.45, 2.75) is 18.3 Å². The molecule has 2 aromatic rings. The second-order valence-corrected chi connectivity index (χ2v) is 5.23. The fraction of sp³-hybridized carbons (Fsp3) is 0.467. The Balaban J connectivity index is 1.91. The smallest absolute Gasteiger partial charge is 0.0586 e. The zero-order chi connectivity index (χ0) is 12.4. The van der Waals surface area contributed by atoms with Crippen molar-refractivity contribution >= 4 is 10.9 Å². The molecule has 0 radical (unpaired) electrons. The molecule has 3 nitrogen and oxygen atoms in total. The Hall–Kier alpha value is -1.32. The summed E-state index contributed by atoms with van der Waals surface area (Å²) in [6, 6.07) is 8.53. The summed E-state index contributed by atoms with van der Waals surface area (Å²) in [5.74, 6) is 0. The standard InChI is InChI=1S/C15H20N2O/c1-16-8-4-7-15(10-18-11-15)13-9-17-14-6-3-2-5-12(13)14/h2-3,5-6,9,16-17H,4,7-8,10-11H2,1H3. The van der Waals surface area contributed by atoms with Crippen LogP contribution in [0.5, 0.6) is 0 Å². The molecule has 2 N–H and O–H groups in total. The number of H-pyrrole nitrogens is 1. The summed E-state index contributed by atoms with van der Waals surface area (Å²) in [6.45, 7) is 2.79. The average Bonchev–Trinajstić information content (AvgIpc) is 2.77. The van der Waals surface area contributed by atoms with Gasteiger partial charge in [-0.1, -0.05) is 18.2 Å².